The van der Waals surface area contributed by atoms with E-state index in [9.17, 15) is 4.79 Å². The van der Waals surface area contributed by atoms with E-state index in [1.165, 1.54) is 11.8 Å². The third-order valence-corrected chi connectivity index (χ3v) is 5.60. The lowest BCUT2D eigenvalue weighted by Gasteiger charge is -2.16. The molecule has 1 aliphatic rings. The summed E-state index contributed by atoms with van der Waals surface area (Å²) in [7, 11) is 0. The van der Waals surface area contributed by atoms with Gasteiger partial charge in [-0.25, -0.2) is 4.68 Å². The van der Waals surface area contributed by atoms with Gasteiger partial charge in [0.2, 0.25) is 0 Å². The van der Waals surface area contributed by atoms with Crippen LogP contribution in [0.1, 0.15) is 19.4 Å². The Morgan fingerprint density at radius 1 is 1.21 bits per heavy atom. The minimum absolute atomic E-state index is 0.0541. The first-order valence-electron chi connectivity index (χ1n) is 8.97. The molecule has 0 radical (unpaired) electrons. The number of furan rings is 1. The number of rotatable bonds is 5. The van der Waals surface area contributed by atoms with E-state index in [0.717, 1.165) is 11.3 Å². The molecule has 1 aromatic carbocycles. The van der Waals surface area contributed by atoms with Crippen LogP contribution in [0.15, 0.2) is 64.2 Å². The number of nitrogens with zero attached hydrogens (tertiary/aromatic N) is 3. The van der Waals surface area contributed by atoms with Crippen molar-refractivity contribution in [2.24, 2.45) is 5.92 Å². The molecule has 2 aromatic heterocycles. The Hall–Kier alpha value is -2.64. The first-order valence-corrected chi connectivity index (χ1v) is 10.2. The molecule has 0 N–H and O–H groups in total. The van der Waals surface area contributed by atoms with Crippen molar-refractivity contribution >= 4 is 40.3 Å². The van der Waals surface area contributed by atoms with E-state index in [4.69, 9.17) is 16.6 Å². The molecule has 7 heteroatoms. The summed E-state index contributed by atoms with van der Waals surface area (Å²) in [6, 6.07) is 13.5. The number of carbonyl (C=O) groups excluding carboxylic acids is 1. The van der Waals surface area contributed by atoms with Gasteiger partial charge < -0.3 is 4.42 Å². The van der Waals surface area contributed by atoms with Crippen LogP contribution in [0.3, 0.4) is 0 Å². The summed E-state index contributed by atoms with van der Waals surface area (Å²) in [6.45, 7) is 4.76. The lowest BCUT2D eigenvalue weighted by Crippen LogP contribution is -2.31. The molecule has 1 amide bonds. The molecular formula is C21H19N3O2S2. The number of benzene rings is 1. The zero-order valence-corrected chi connectivity index (χ0v) is 17.2. The first kappa shape index (κ1) is 18.7. The topological polar surface area (TPSA) is 51.3 Å². The quantitative estimate of drug-likeness (QED) is 0.439. The zero-order chi connectivity index (χ0) is 19.7. The monoisotopic (exact) mass is 409 g/mol. The second-order valence-corrected chi connectivity index (χ2v) is 8.55. The largest absolute Gasteiger partial charge is 0.463 e. The maximum Gasteiger partial charge on any atom is 0.266 e. The third-order valence-electron chi connectivity index (χ3n) is 4.23. The van der Waals surface area contributed by atoms with Crippen molar-refractivity contribution in [2.75, 3.05) is 6.54 Å². The molecule has 0 spiro atoms. The van der Waals surface area contributed by atoms with Crippen LogP contribution in [0.25, 0.3) is 23.2 Å². The highest BCUT2D eigenvalue weighted by atomic mass is 32.2. The normalized spacial score (nSPS) is 16.0. The van der Waals surface area contributed by atoms with Gasteiger partial charge in [-0.2, -0.15) is 5.10 Å². The number of carbonyl (C=O) groups is 1. The molecule has 142 valence electrons. The molecule has 5 nitrogen and oxygen atoms in total. The van der Waals surface area contributed by atoms with Crippen molar-refractivity contribution in [2.45, 2.75) is 13.8 Å². The molecular weight excluding hydrogens is 390 g/mol. The Balaban J connectivity index is 1.75. The van der Waals surface area contributed by atoms with Gasteiger partial charge in [0, 0.05) is 18.3 Å². The summed E-state index contributed by atoms with van der Waals surface area (Å²) in [5.74, 6) is 0.946. The van der Waals surface area contributed by atoms with Crippen LogP contribution in [0.4, 0.5) is 0 Å². The molecule has 0 aliphatic carbocycles. The van der Waals surface area contributed by atoms with Crippen molar-refractivity contribution in [1.29, 1.82) is 0 Å². The van der Waals surface area contributed by atoms with Gasteiger partial charge in [-0.3, -0.25) is 9.69 Å². The molecule has 0 atom stereocenters. The van der Waals surface area contributed by atoms with Crippen molar-refractivity contribution in [3.63, 3.8) is 0 Å². The smallest absolute Gasteiger partial charge is 0.266 e. The number of amides is 1. The first-order chi connectivity index (χ1) is 13.5. The molecule has 3 aromatic rings. The fourth-order valence-corrected chi connectivity index (χ4v) is 4.24. The highest BCUT2D eigenvalue weighted by Gasteiger charge is 2.32. The standard InChI is InChI=1S/C21H19N3O2S2/c1-14(2)12-23-20(25)18(28-21(23)27)11-15-13-24(16-7-4-3-5-8-16)22-19(15)17-9-6-10-26-17/h3-11,13-14H,12H2,1-2H3. The third kappa shape index (κ3) is 3.68. The van der Waals surface area contributed by atoms with Gasteiger partial charge in [0.1, 0.15) is 10.0 Å². The Bertz CT molecular complexity index is 1040. The maximum absolute atomic E-state index is 12.8. The van der Waals surface area contributed by atoms with Gasteiger partial charge in [-0.15, -0.1) is 0 Å². The predicted octanol–water partition coefficient (Wildman–Crippen LogP) is 4.99. The van der Waals surface area contributed by atoms with Crippen LogP contribution in [0, 0.1) is 5.92 Å². The van der Waals surface area contributed by atoms with Crippen molar-refractivity contribution < 1.29 is 9.21 Å². The maximum atomic E-state index is 12.8. The second kappa shape index (κ2) is 7.77. The van der Waals surface area contributed by atoms with Crippen LogP contribution in [-0.2, 0) is 4.79 Å². The van der Waals surface area contributed by atoms with Gasteiger partial charge >= 0.3 is 0 Å². The highest BCUT2D eigenvalue weighted by molar-refractivity contribution is 8.26. The lowest BCUT2D eigenvalue weighted by atomic mass is 10.2. The predicted molar refractivity (Wildman–Crippen MR) is 116 cm³/mol. The Kier molecular flexibility index (Phi) is 5.19. The number of hydrogen-bond donors (Lipinski definition) is 0. The number of thiocarbonyl (C=S) groups is 1. The van der Waals surface area contributed by atoms with E-state index >= 15 is 0 Å². The highest BCUT2D eigenvalue weighted by Crippen LogP contribution is 2.35. The van der Waals surface area contributed by atoms with E-state index in [2.05, 4.69) is 18.9 Å². The second-order valence-electron chi connectivity index (χ2n) is 6.88. The number of hydrogen-bond acceptors (Lipinski definition) is 5. The average Bonchev–Trinajstić information content (AvgIpc) is 3.39. The van der Waals surface area contributed by atoms with Gasteiger partial charge in [0.15, 0.2) is 5.76 Å². The summed E-state index contributed by atoms with van der Waals surface area (Å²) in [5, 5.41) is 4.69. The van der Waals surface area contributed by atoms with Gasteiger partial charge in [-0.1, -0.05) is 56.0 Å². The van der Waals surface area contributed by atoms with Crippen LogP contribution in [0.5, 0.6) is 0 Å². The van der Waals surface area contributed by atoms with E-state index in [0.29, 0.717) is 33.1 Å². The zero-order valence-electron chi connectivity index (χ0n) is 15.5. The van der Waals surface area contributed by atoms with Gasteiger partial charge in [-0.05, 0) is 36.3 Å². The molecule has 1 saturated heterocycles. The Labute approximate surface area is 173 Å². The van der Waals surface area contributed by atoms with Crippen LogP contribution < -0.4 is 0 Å². The lowest BCUT2D eigenvalue weighted by molar-refractivity contribution is -0.122. The van der Waals surface area contributed by atoms with Crippen LogP contribution in [-0.4, -0.2) is 31.5 Å². The van der Waals surface area contributed by atoms with Gasteiger partial charge in [0.25, 0.3) is 5.91 Å². The summed E-state index contributed by atoms with van der Waals surface area (Å²) in [6.07, 6.45) is 5.37. The van der Waals surface area contributed by atoms with Crippen molar-refractivity contribution in [1.82, 2.24) is 14.7 Å². The molecule has 0 unspecified atom stereocenters. The van der Waals surface area contributed by atoms with Gasteiger partial charge in [0.05, 0.1) is 16.9 Å². The average molecular weight is 410 g/mol. The fraction of sp³-hybridized carbons (Fsp3) is 0.190. The molecule has 28 heavy (non-hydrogen) atoms. The van der Waals surface area contributed by atoms with Crippen LogP contribution in [0.2, 0.25) is 0 Å². The minimum Gasteiger partial charge on any atom is -0.463 e. The van der Waals surface area contributed by atoms with E-state index in [1.807, 2.05) is 54.7 Å². The SMILES string of the molecule is CC(C)CN1C(=O)C(=Cc2cn(-c3ccccc3)nc2-c2ccco2)SC1=S. The molecule has 0 bridgehead atoms. The van der Waals surface area contributed by atoms with Crippen molar-refractivity contribution in [3.8, 4) is 17.1 Å². The molecule has 3 heterocycles. The van der Waals surface area contributed by atoms with E-state index in [1.54, 1.807) is 15.8 Å². The van der Waals surface area contributed by atoms with E-state index < -0.39 is 0 Å². The van der Waals surface area contributed by atoms with E-state index in [-0.39, 0.29) is 5.91 Å². The molecule has 4 rings (SSSR count). The number of para-hydroxylation sites is 1. The molecule has 0 saturated carbocycles. The summed E-state index contributed by atoms with van der Waals surface area (Å²) < 4.78 is 7.95. The summed E-state index contributed by atoms with van der Waals surface area (Å²) in [5.41, 5.74) is 2.43. The Morgan fingerprint density at radius 2 is 2.00 bits per heavy atom. The molecule has 1 fully saturated rings. The Morgan fingerprint density at radius 3 is 2.68 bits per heavy atom. The number of aromatic nitrogens is 2. The minimum atomic E-state index is -0.0541. The summed E-state index contributed by atoms with van der Waals surface area (Å²) >= 11 is 6.74. The van der Waals surface area contributed by atoms with Crippen LogP contribution >= 0.6 is 24.0 Å². The summed E-state index contributed by atoms with van der Waals surface area (Å²) in [4.78, 5) is 15.1. The molecule has 1 aliphatic heterocycles. The van der Waals surface area contributed by atoms with Crippen molar-refractivity contribution in [3.05, 3.63) is 65.4 Å². The fourth-order valence-electron chi connectivity index (χ4n) is 2.97. The number of thioether (sulfide) groups is 1.